The Morgan fingerprint density at radius 2 is 1.79 bits per heavy atom. The highest BCUT2D eigenvalue weighted by Gasteiger charge is 2.14. The van der Waals surface area contributed by atoms with Gasteiger partial charge in [-0.3, -0.25) is 0 Å². The molecule has 3 nitrogen and oxygen atoms in total. The van der Waals surface area contributed by atoms with Crippen LogP contribution in [-0.2, 0) is 19.6 Å². The van der Waals surface area contributed by atoms with Gasteiger partial charge in [-0.05, 0) is 49.2 Å². The molecule has 0 spiro atoms. The van der Waals surface area contributed by atoms with E-state index >= 15 is 0 Å². The van der Waals surface area contributed by atoms with Crippen LogP contribution in [0.3, 0.4) is 0 Å². The Morgan fingerprint density at radius 3 is 2.48 bits per heavy atom. The van der Waals surface area contributed by atoms with Crippen LogP contribution in [0.15, 0.2) is 73.3 Å². The predicted molar refractivity (Wildman–Crippen MR) is 121 cm³/mol. The molecule has 0 aliphatic carbocycles. The molecule has 0 aliphatic rings. The number of methoxy groups -OCH3 is 1. The first-order valence-corrected chi connectivity index (χ1v) is 9.96. The van der Waals surface area contributed by atoms with Gasteiger partial charge in [0.2, 0.25) is 0 Å². The molecule has 0 bridgehead atoms. The Hall–Kier alpha value is -2.91. The third-order valence-corrected chi connectivity index (χ3v) is 5.02. The monoisotopic (exact) mass is 407 g/mol. The number of anilines is 1. The Balaban J connectivity index is 1.81. The van der Waals surface area contributed by atoms with E-state index in [1.54, 1.807) is 7.11 Å². The fourth-order valence-corrected chi connectivity index (χ4v) is 3.28. The number of aryl methyl sites for hydroxylation is 1. The number of nitrogens with one attached hydrogen (secondary N) is 1. The summed E-state index contributed by atoms with van der Waals surface area (Å²) in [5.41, 5.74) is 5.41. The number of benzene rings is 3. The van der Waals surface area contributed by atoms with Gasteiger partial charge in [0.05, 0.1) is 7.11 Å². The van der Waals surface area contributed by atoms with Crippen LogP contribution in [-0.4, -0.2) is 7.11 Å². The second-order valence-corrected chi connectivity index (χ2v) is 7.29. The molecule has 0 fully saturated rings. The summed E-state index contributed by atoms with van der Waals surface area (Å²) < 4.78 is 11.8. The smallest absolute Gasteiger partial charge is 0.165 e. The van der Waals surface area contributed by atoms with Crippen molar-refractivity contribution < 1.29 is 9.47 Å². The summed E-state index contributed by atoms with van der Waals surface area (Å²) in [7, 11) is 1.66. The fraction of sp³-hybridized carbons (Fsp3) is 0.200. The predicted octanol–water partition coefficient (Wildman–Crippen LogP) is 6.58. The van der Waals surface area contributed by atoms with E-state index in [2.05, 4.69) is 49.2 Å². The first-order chi connectivity index (χ1) is 14.1. The van der Waals surface area contributed by atoms with Gasteiger partial charge in [-0.15, -0.1) is 6.58 Å². The van der Waals surface area contributed by atoms with E-state index in [1.165, 1.54) is 5.56 Å². The number of ether oxygens (including phenoxy) is 2. The van der Waals surface area contributed by atoms with Gasteiger partial charge in [-0.2, -0.15) is 0 Å². The van der Waals surface area contributed by atoms with Crippen LogP contribution in [0, 0.1) is 6.92 Å². The lowest BCUT2D eigenvalue weighted by Crippen LogP contribution is -2.05. The quantitative estimate of drug-likeness (QED) is 0.406. The van der Waals surface area contributed by atoms with Crippen molar-refractivity contribution in [2.75, 3.05) is 12.4 Å². The molecule has 3 aromatic rings. The van der Waals surface area contributed by atoms with E-state index in [9.17, 15) is 0 Å². The van der Waals surface area contributed by atoms with Crippen molar-refractivity contribution in [1.82, 2.24) is 0 Å². The van der Waals surface area contributed by atoms with Gasteiger partial charge in [-0.1, -0.05) is 53.6 Å². The molecule has 29 heavy (non-hydrogen) atoms. The van der Waals surface area contributed by atoms with Gasteiger partial charge in [0, 0.05) is 28.4 Å². The highest BCUT2D eigenvalue weighted by atomic mass is 35.5. The zero-order valence-corrected chi connectivity index (χ0v) is 17.6. The normalized spacial score (nSPS) is 10.4. The van der Waals surface area contributed by atoms with Gasteiger partial charge in [0.25, 0.3) is 0 Å². The van der Waals surface area contributed by atoms with Crippen LogP contribution in [0.25, 0.3) is 0 Å². The van der Waals surface area contributed by atoms with Gasteiger partial charge in [0.1, 0.15) is 6.61 Å². The standard InChI is InChI=1S/C25H26ClNO2/c1-4-7-20-14-19(16-27-22-12-10-18(2)11-13-22)15-24(28-3)25(20)29-17-21-8-5-6-9-23(21)26/h4-6,8-15,27H,1,7,16-17H2,2-3H3. The molecule has 4 heteroatoms. The third kappa shape index (κ3) is 5.55. The molecule has 3 aromatic carbocycles. The van der Waals surface area contributed by atoms with Crippen molar-refractivity contribution in [3.05, 3.63) is 101 Å². The number of rotatable bonds is 9. The van der Waals surface area contributed by atoms with Gasteiger partial charge in [0.15, 0.2) is 11.5 Å². The Bertz CT molecular complexity index is 967. The number of hydrogen-bond acceptors (Lipinski definition) is 3. The molecule has 0 aromatic heterocycles. The first kappa shape index (κ1) is 20.8. The van der Waals surface area contributed by atoms with Crippen LogP contribution < -0.4 is 14.8 Å². The lowest BCUT2D eigenvalue weighted by Gasteiger charge is -2.17. The van der Waals surface area contributed by atoms with Crippen LogP contribution in [0.4, 0.5) is 5.69 Å². The molecule has 0 saturated carbocycles. The molecular formula is C25H26ClNO2. The van der Waals surface area contributed by atoms with E-state index in [4.69, 9.17) is 21.1 Å². The summed E-state index contributed by atoms with van der Waals surface area (Å²) in [6.45, 7) is 7.03. The number of hydrogen-bond donors (Lipinski definition) is 1. The maximum Gasteiger partial charge on any atom is 0.165 e. The van der Waals surface area contributed by atoms with Crippen molar-refractivity contribution in [3.63, 3.8) is 0 Å². The summed E-state index contributed by atoms with van der Waals surface area (Å²) in [5.74, 6) is 1.43. The van der Waals surface area contributed by atoms with E-state index in [0.717, 1.165) is 28.1 Å². The second kappa shape index (κ2) is 10.0. The van der Waals surface area contributed by atoms with Crippen molar-refractivity contribution in [2.24, 2.45) is 0 Å². The molecule has 3 rings (SSSR count). The summed E-state index contributed by atoms with van der Waals surface area (Å²) in [4.78, 5) is 0. The number of halogens is 1. The Morgan fingerprint density at radius 1 is 1.03 bits per heavy atom. The first-order valence-electron chi connectivity index (χ1n) is 9.58. The molecule has 0 atom stereocenters. The molecule has 0 radical (unpaired) electrons. The largest absolute Gasteiger partial charge is 0.493 e. The minimum Gasteiger partial charge on any atom is -0.493 e. The van der Waals surface area contributed by atoms with Crippen molar-refractivity contribution >= 4 is 17.3 Å². The molecule has 1 N–H and O–H groups in total. The topological polar surface area (TPSA) is 30.5 Å². The van der Waals surface area contributed by atoms with Gasteiger partial charge in [-0.25, -0.2) is 0 Å². The second-order valence-electron chi connectivity index (χ2n) is 6.88. The van der Waals surface area contributed by atoms with E-state index in [-0.39, 0.29) is 0 Å². The van der Waals surface area contributed by atoms with Crippen molar-refractivity contribution in [1.29, 1.82) is 0 Å². The molecule has 0 heterocycles. The molecule has 0 amide bonds. The fourth-order valence-electron chi connectivity index (χ4n) is 3.09. The van der Waals surface area contributed by atoms with E-state index in [1.807, 2.05) is 36.4 Å². The van der Waals surface area contributed by atoms with Gasteiger partial charge < -0.3 is 14.8 Å². The lowest BCUT2D eigenvalue weighted by atomic mass is 10.0. The maximum absolute atomic E-state index is 6.26. The zero-order chi connectivity index (χ0) is 20.6. The maximum atomic E-state index is 6.26. The zero-order valence-electron chi connectivity index (χ0n) is 16.9. The minimum absolute atomic E-state index is 0.376. The average Bonchev–Trinajstić information content (AvgIpc) is 2.73. The average molecular weight is 408 g/mol. The Kier molecular flexibility index (Phi) is 7.20. The van der Waals surface area contributed by atoms with Crippen LogP contribution in [0.2, 0.25) is 5.02 Å². The summed E-state index contributed by atoms with van der Waals surface area (Å²) in [6.07, 6.45) is 2.56. The molecule has 0 aliphatic heterocycles. The SMILES string of the molecule is C=CCc1cc(CNc2ccc(C)cc2)cc(OC)c1OCc1ccccc1Cl. The molecule has 0 unspecified atom stereocenters. The van der Waals surface area contributed by atoms with Crippen molar-refractivity contribution in [3.8, 4) is 11.5 Å². The molecule has 150 valence electrons. The minimum atomic E-state index is 0.376. The summed E-state index contributed by atoms with van der Waals surface area (Å²) in [6, 6.07) is 20.2. The van der Waals surface area contributed by atoms with Gasteiger partial charge >= 0.3 is 0 Å². The highest BCUT2D eigenvalue weighted by Crippen LogP contribution is 2.35. The van der Waals surface area contributed by atoms with Crippen LogP contribution >= 0.6 is 11.6 Å². The van der Waals surface area contributed by atoms with Crippen molar-refractivity contribution in [2.45, 2.75) is 26.5 Å². The summed E-state index contributed by atoms with van der Waals surface area (Å²) in [5, 5.41) is 4.14. The van der Waals surface area contributed by atoms with Crippen LogP contribution in [0.5, 0.6) is 11.5 Å². The van der Waals surface area contributed by atoms with Crippen LogP contribution in [0.1, 0.15) is 22.3 Å². The third-order valence-electron chi connectivity index (χ3n) is 4.65. The lowest BCUT2D eigenvalue weighted by molar-refractivity contribution is 0.282. The highest BCUT2D eigenvalue weighted by molar-refractivity contribution is 6.31. The summed E-state index contributed by atoms with van der Waals surface area (Å²) >= 11 is 6.26. The molecular weight excluding hydrogens is 382 g/mol. The number of allylic oxidation sites excluding steroid dienone is 1. The van der Waals surface area contributed by atoms with E-state index < -0.39 is 0 Å². The Labute approximate surface area is 177 Å². The van der Waals surface area contributed by atoms with E-state index in [0.29, 0.717) is 30.3 Å². The molecule has 0 saturated heterocycles.